The van der Waals surface area contributed by atoms with Crippen LogP contribution in [0.3, 0.4) is 0 Å². The van der Waals surface area contributed by atoms with Crippen LogP contribution in [0.2, 0.25) is 0 Å². The van der Waals surface area contributed by atoms with Crippen LogP contribution in [0.15, 0.2) is 23.2 Å². The highest BCUT2D eigenvalue weighted by Crippen LogP contribution is 2.28. The lowest BCUT2D eigenvalue weighted by molar-refractivity contribution is 0.406. The molecular weight excluding hydrogens is 393 g/mol. The number of methoxy groups -OCH3 is 1. The molecule has 1 fully saturated rings. The number of hydrogen-bond acceptors (Lipinski definition) is 3. The second-order valence-electron chi connectivity index (χ2n) is 5.47. The van der Waals surface area contributed by atoms with Crippen LogP contribution in [0, 0.1) is 5.92 Å². The van der Waals surface area contributed by atoms with Gasteiger partial charge in [0.25, 0.3) is 0 Å². The van der Waals surface area contributed by atoms with E-state index in [4.69, 9.17) is 4.74 Å². The van der Waals surface area contributed by atoms with Crippen LogP contribution in [-0.2, 0) is 6.42 Å². The first-order valence-electron chi connectivity index (χ1n) is 7.54. The van der Waals surface area contributed by atoms with E-state index in [1.54, 1.807) is 13.2 Å². The Kier molecular flexibility index (Phi) is 7.78. The van der Waals surface area contributed by atoms with Crippen LogP contribution < -0.4 is 15.4 Å². The van der Waals surface area contributed by atoms with Gasteiger partial charge in [0, 0.05) is 25.2 Å². The molecular formula is C16H26IN3O2. The molecule has 0 radical (unpaired) electrons. The van der Waals surface area contributed by atoms with E-state index in [2.05, 4.69) is 29.5 Å². The van der Waals surface area contributed by atoms with Crippen molar-refractivity contribution in [2.45, 2.75) is 32.7 Å². The van der Waals surface area contributed by atoms with Crippen molar-refractivity contribution in [1.82, 2.24) is 10.6 Å². The summed E-state index contributed by atoms with van der Waals surface area (Å²) in [6.45, 7) is 5.77. The fraction of sp³-hybridized carbons (Fsp3) is 0.562. The molecule has 3 N–H and O–H groups in total. The number of hydrogen-bond donors (Lipinski definition) is 3. The SMILES string of the molecule is CCNC(=NCCc1ccc(OC)cc1O)NC1CC1C.I. The first-order valence-corrected chi connectivity index (χ1v) is 7.54. The van der Waals surface area contributed by atoms with Gasteiger partial charge in [0.15, 0.2) is 5.96 Å². The molecule has 6 heteroatoms. The molecule has 0 saturated heterocycles. The lowest BCUT2D eigenvalue weighted by atomic mass is 10.1. The zero-order valence-electron chi connectivity index (χ0n) is 13.4. The molecule has 1 aromatic rings. The number of rotatable bonds is 6. The summed E-state index contributed by atoms with van der Waals surface area (Å²) in [7, 11) is 1.59. The number of nitrogens with zero attached hydrogens (tertiary/aromatic N) is 1. The van der Waals surface area contributed by atoms with Crippen molar-refractivity contribution in [3.8, 4) is 11.5 Å². The van der Waals surface area contributed by atoms with E-state index in [-0.39, 0.29) is 29.7 Å². The molecule has 0 aromatic heterocycles. The molecule has 2 rings (SSSR count). The van der Waals surface area contributed by atoms with Crippen molar-refractivity contribution in [1.29, 1.82) is 0 Å². The summed E-state index contributed by atoms with van der Waals surface area (Å²) < 4.78 is 5.08. The van der Waals surface area contributed by atoms with E-state index < -0.39 is 0 Å². The topological polar surface area (TPSA) is 65.9 Å². The van der Waals surface area contributed by atoms with Crippen molar-refractivity contribution in [3.05, 3.63) is 23.8 Å². The molecule has 0 amide bonds. The lowest BCUT2D eigenvalue weighted by Gasteiger charge is -2.11. The molecule has 1 saturated carbocycles. The smallest absolute Gasteiger partial charge is 0.191 e. The largest absolute Gasteiger partial charge is 0.508 e. The third-order valence-electron chi connectivity index (χ3n) is 3.72. The standard InChI is InChI=1S/C16H25N3O2.HI/c1-4-17-16(19-14-9-11(14)2)18-8-7-12-5-6-13(21-3)10-15(12)20;/h5-6,10-11,14,20H,4,7-9H2,1-3H3,(H2,17,18,19);1H. The van der Waals surface area contributed by atoms with Crippen LogP contribution in [0.4, 0.5) is 0 Å². The van der Waals surface area contributed by atoms with Gasteiger partial charge in [-0.15, -0.1) is 24.0 Å². The Bertz CT molecular complexity index is 508. The molecule has 0 aliphatic heterocycles. The third-order valence-corrected chi connectivity index (χ3v) is 3.72. The summed E-state index contributed by atoms with van der Waals surface area (Å²) >= 11 is 0. The first-order chi connectivity index (χ1) is 10.1. The van der Waals surface area contributed by atoms with Gasteiger partial charge in [0.05, 0.1) is 7.11 Å². The second-order valence-corrected chi connectivity index (χ2v) is 5.47. The Morgan fingerprint density at radius 2 is 2.18 bits per heavy atom. The van der Waals surface area contributed by atoms with E-state index in [0.717, 1.165) is 24.0 Å². The quantitative estimate of drug-likeness (QED) is 0.377. The molecule has 1 aliphatic carbocycles. The van der Waals surface area contributed by atoms with Gasteiger partial charge >= 0.3 is 0 Å². The van der Waals surface area contributed by atoms with Gasteiger partial charge < -0.3 is 20.5 Å². The zero-order valence-corrected chi connectivity index (χ0v) is 15.8. The van der Waals surface area contributed by atoms with Crippen LogP contribution in [0.25, 0.3) is 0 Å². The molecule has 22 heavy (non-hydrogen) atoms. The molecule has 1 aromatic carbocycles. The van der Waals surface area contributed by atoms with E-state index in [9.17, 15) is 5.11 Å². The number of phenols is 1. The molecule has 0 heterocycles. The van der Waals surface area contributed by atoms with Crippen molar-refractivity contribution in [2.75, 3.05) is 20.2 Å². The van der Waals surface area contributed by atoms with Crippen LogP contribution in [0.5, 0.6) is 11.5 Å². The number of halogens is 1. The minimum Gasteiger partial charge on any atom is -0.508 e. The summed E-state index contributed by atoms with van der Waals surface area (Å²) in [5, 5.41) is 16.6. The van der Waals surface area contributed by atoms with Crippen molar-refractivity contribution >= 4 is 29.9 Å². The number of ether oxygens (including phenoxy) is 1. The Balaban J connectivity index is 0.00000242. The normalized spacial score (nSPS) is 20.0. The van der Waals surface area contributed by atoms with Crippen LogP contribution >= 0.6 is 24.0 Å². The summed E-state index contributed by atoms with van der Waals surface area (Å²) in [6.07, 6.45) is 1.91. The average Bonchev–Trinajstić information content (AvgIpc) is 3.16. The second kappa shape index (κ2) is 9.07. The molecule has 2 atom stereocenters. The average molecular weight is 419 g/mol. The predicted octanol–water partition coefficient (Wildman–Crippen LogP) is 2.52. The number of nitrogens with one attached hydrogen (secondary N) is 2. The monoisotopic (exact) mass is 419 g/mol. The Hall–Kier alpha value is -1.18. The van der Waals surface area contributed by atoms with E-state index in [1.807, 2.05) is 12.1 Å². The fourth-order valence-electron chi connectivity index (χ4n) is 2.19. The van der Waals surface area contributed by atoms with Crippen LogP contribution in [0.1, 0.15) is 25.8 Å². The van der Waals surface area contributed by atoms with Gasteiger partial charge in [-0.05, 0) is 37.3 Å². The summed E-state index contributed by atoms with van der Waals surface area (Å²) in [5.74, 6) is 2.52. The molecule has 2 unspecified atom stereocenters. The van der Waals surface area contributed by atoms with Crippen molar-refractivity contribution < 1.29 is 9.84 Å². The minimum atomic E-state index is 0. The molecule has 0 bridgehead atoms. The number of phenolic OH excluding ortho intramolecular Hbond substituents is 1. The van der Waals surface area contributed by atoms with Gasteiger partial charge in [-0.25, -0.2) is 0 Å². The zero-order chi connectivity index (χ0) is 15.2. The Morgan fingerprint density at radius 3 is 2.73 bits per heavy atom. The van der Waals surface area contributed by atoms with Crippen LogP contribution in [-0.4, -0.2) is 37.3 Å². The summed E-state index contributed by atoms with van der Waals surface area (Å²) in [5.41, 5.74) is 0.884. The molecule has 1 aliphatic rings. The number of benzene rings is 1. The van der Waals surface area contributed by atoms with Gasteiger partial charge in [-0.1, -0.05) is 13.0 Å². The van der Waals surface area contributed by atoms with E-state index >= 15 is 0 Å². The molecule has 5 nitrogen and oxygen atoms in total. The minimum absolute atomic E-state index is 0. The first kappa shape index (κ1) is 18.9. The Labute approximate surface area is 149 Å². The maximum atomic E-state index is 9.92. The third kappa shape index (κ3) is 5.55. The number of aliphatic imine (C=N–C) groups is 1. The highest BCUT2D eigenvalue weighted by molar-refractivity contribution is 14.0. The highest BCUT2D eigenvalue weighted by Gasteiger charge is 2.33. The highest BCUT2D eigenvalue weighted by atomic mass is 127. The predicted molar refractivity (Wildman–Crippen MR) is 100 cm³/mol. The van der Waals surface area contributed by atoms with Gasteiger partial charge in [0.2, 0.25) is 0 Å². The van der Waals surface area contributed by atoms with Gasteiger partial charge in [-0.3, -0.25) is 4.99 Å². The molecule has 0 spiro atoms. The maximum absolute atomic E-state index is 9.92. The molecule has 124 valence electrons. The number of guanidine groups is 1. The summed E-state index contributed by atoms with van der Waals surface area (Å²) in [6, 6.07) is 5.92. The lowest BCUT2D eigenvalue weighted by Crippen LogP contribution is -2.39. The van der Waals surface area contributed by atoms with E-state index in [0.29, 0.717) is 24.8 Å². The van der Waals surface area contributed by atoms with Gasteiger partial charge in [-0.2, -0.15) is 0 Å². The van der Waals surface area contributed by atoms with Crippen molar-refractivity contribution in [3.63, 3.8) is 0 Å². The summed E-state index contributed by atoms with van der Waals surface area (Å²) in [4.78, 5) is 4.56. The Morgan fingerprint density at radius 1 is 1.45 bits per heavy atom. The van der Waals surface area contributed by atoms with E-state index in [1.165, 1.54) is 6.42 Å². The van der Waals surface area contributed by atoms with Gasteiger partial charge in [0.1, 0.15) is 11.5 Å². The number of aromatic hydroxyl groups is 1. The van der Waals surface area contributed by atoms with Crippen molar-refractivity contribution in [2.24, 2.45) is 10.9 Å². The fourth-order valence-corrected chi connectivity index (χ4v) is 2.19. The maximum Gasteiger partial charge on any atom is 0.191 e.